The van der Waals surface area contributed by atoms with E-state index in [0.29, 0.717) is 11.4 Å². The van der Waals surface area contributed by atoms with Gasteiger partial charge in [-0.15, -0.1) is 0 Å². The predicted molar refractivity (Wildman–Crippen MR) is 141 cm³/mol. The summed E-state index contributed by atoms with van der Waals surface area (Å²) in [6.07, 6.45) is 5.91. The normalized spacial score (nSPS) is 21.2. The van der Waals surface area contributed by atoms with E-state index in [2.05, 4.69) is 5.32 Å². The number of sulfonamides is 1. The van der Waals surface area contributed by atoms with E-state index in [4.69, 9.17) is 16.7 Å². The van der Waals surface area contributed by atoms with Crippen molar-refractivity contribution in [3.05, 3.63) is 101 Å². The van der Waals surface area contributed by atoms with Gasteiger partial charge in [-0.25, -0.2) is 0 Å². The summed E-state index contributed by atoms with van der Waals surface area (Å²) in [5, 5.41) is 9.21. The first-order chi connectivity index (χ1) is 16.9. The average Bonchev–Trinajstić information content (AvgIpc) is 3.27. The number of halogens is 1. The number of nitrogens with zero attached hydrogens (tertiary/aromatic N) is 2. The van der Waals surface area contributed by atoms with E-state index < -0.39 is 15.7 Å². The lowest BCUT2D eigenvalue weighted by Crippen LogP contribution is -2.57. The van der Waals surface area contributed by atoms with Gasteiger partial charge in [-0.1, -0.05) is 91.0 Å². The van der Waals surface area contributed by atoms with Crippen molar-refractivity contribution < 1.29 is 8.42 Å². The second-order valence-electron chi connectivity index (χ2n) is 9.50. The fourth-order valence-electron chi connectivity index (χ4n) is 5.11. The number of hydrazone groups is 1. The Kier molecular flexibility index (Phi) is 6.71. The van der Waals surface area contributed by atoms with Crippen LogP contribution < -0.4 is 5.32 Å². The van der Waals surface area contributed by atoms with Gasteiger partial charge in [0.1, 0.15) is 0 Å². The lowest BCUT2D eigenvalue weighted by molar-refractivity contribution is 0.135. The van der Waals surface area contributed by atoms with Crippen molar-refractivity contribution >= 4 is 27.3 Å². The zero-order chi connectivity index (χ0) is 24.5. The van der Waals surface area contributed by atoms with E-state index in [1.54, 1.807) is 12.1 Å². The van der Waals surface area contributed by atoms with Crippen LogP contribution in [0.1, 0.15) is 55.2 Å². The second-order valence-corrected chi connectivity index (χ2v) is 11.7. The summed E-state index contributed by atoms with van der Waals surface area (Å²) in [4.78, 5) is 0.227. The molecule has 2 aliphatic rings. The van der Waals surface area contributed by atoms with Crippen molar-refractivity contribution in [2.75, 3.05) is 0 Å². The van der Waals surface area contributed by atoms with Crippen LogP contribution in [0, 0.1) is 6.92 Å². The lowest BCUT2D eigenvalue weighted by Gasteiger charge is -2.41. The Labute approximate surface area is 212 Å². The van der Waals surface area contributed by atoms with E-state index in [0.717, 1.165) is 48.1 Å². The quantitative estimate of drug-likeness (QED) is 0.430. The second kappa shape index (κ2) is 9.76. The van der Waals surface area contributed by atoms with Crippen LogP contribution in [-0.4, -0.2) is 24.6 Å². The molecule has 7 heteroatoms. The minimum atomic E-state index is -3.96. The van der Waals surface area contributed by atoms with Gasteiger partial charge in [0.2, 0.25) is 0 Å². The minimum absolute atomic E-state index is 0.195. The molecule has 0 radical (unpaired) electrons. The highest BCUT2D eigenvalue weighted by Crippen LogP contribution is 2.42. The largest absolute Gasteiger partial charge is 0.286 e. The molecule has 5 rings (SSSR count). The fraction of sp³-hybridized carbons (Fsp3) is 0.321. The van der Waals surface area contributed by atoms with Crippen LogP contribution >= 0.6 is 11.6 Å². The molecule has 1 saturated carbocycles. The van der Waals surface area contributed by atoms with Crippen LogP contribution in [-0.2, 0) is 15.7 Å². The molecule has 0 unspecified atom stereocenters. The van der Waals surface area contributed by atoms with Gasteiger partial charge in [0.15, 0.2) is 5.66 Å². The molecule has 1 aliphatic carbocycles. The topological polar surface area (TPSA) is 61.8 Å². The molecule has 1 heterocycles. The van der Waals surface area contributed by atoms with Crippen molar-refractivity contribution in [3.63, 3.8) is 0 Å². The summed E-state index contributed by atoms with van der Waals surface area (Å²) >= 11 is 6.24. The maximum atomic E-state index is 14.2. The average molecular weight is 508 g/mol. The van der Waals surface area contributed by atoms with Gasteiger partial charge in [0.05, 0.1) is 10.6 Å². The minimum Gasteiger partial charge on any atom is -0.286 e. The molecule has 3 aromatic rings. The number of hydrogen-bond acceptors (Lipinski definition) is 4. The van der Waals surface area contributed by atoms with Crippen LogP contribution in [0.4, 0.5) is 0 Å². The van der Waals surface area contributed by atoms with Gasteiger partial charge in [0.25, 0.3) is 10.0 Å². The highest BCUT2D eigenvalue weighted by Gasteiger charge is 2.51. The summed E-state index contributed by atoms with van der Waals surface area (Å²) in [5.74, 6) is 0. The highest BCUT2D eigenvalue weighted by atomic mass is 35.5. The van der Waals surface area contributed by atoms with E-state index in [1.165, 1.54) is 10.8 Å². The first kappa shape index (κ1) is 24.0. The Balaban J connectivity index is 1.68. The molecule has 1 atom stereocenters. The van der Waals surface area contributed by atoms with Crippen molar-refractivity contribution in [2.24, 2.45) is 5.10 Å². The molecular formula is C28H30ClN3O2S. The Morgan fingerprint density at radius 1 is 0.914 bits per heavy atom. The third-order valence-corrected chi connectivity index (χ3v) is 8.95. The Morgan fingerprint density at radius 2 is 1.57 bits per heavy atom. The van der Waals surface area contributed by atoms with Gasteiger partial charge in [-0.05, 0) is 55.2 Å². The standard InChI is InChI=1S/C28H30ClN3O2S/c1-21-12-18-26(19-13-21)35(33,34)32-28(23-14-16-24(29)17-15-23,30-25-10-6-3-7-11-25)20-27(31-32)22-8-4-2-5-9-22/h2,4-5,8-9,12-19,25,30H,3,6-7,10-11,20H2,1H3/t28-/m1/s1. The molecule has 35 heavy (non-hydrogen) atoms. The van der Waals surface area contributed by atoms with Crippen LogP contribution in [0.2, 0.25) is 5.02 Å². The molecule has 0 aromatic heterocycles. The molecule has 0 spiro atoms. The lowest BCUT2D eigenvalue weighted by atomic mass is 9.88. The molecule has 1 N–H and O–H groups in total. The third-order valence-electron chi connectivity index (χ3n) is 6.98. The zero-order valence-corrected chi connectivity index (χ0v) is 21.4. The molecule has 0 saturated heterocycles. The number of nitrogens with one attached hydrogen (secondary N) is 1. The van der Waals surface area contributed by atoms with E-state index in [9.17, 15) is 8.42 Å². The highest BCUT2D eigenvalue weighted by molar-refractivity contribution is 7.89. The van der Waals surface area contributed by atoms with Crippen molar-refractivity contribution in [1.29, 1.82) is 0 Å². The zero-order valence-electron chi connectivity index (χ0n) is 19.8. The SMILES string of the molecule is Cc1ccc(S(=O)(=O)N2N=C(c3ccccc3)C[C@]2(NC2CCCCC2)c2ccc(Cl)cc2)cc1. The molecule has 182 valence electrons. The van der Waals surface area contributed by atoms with E-state index in [1.807, 2.05) is 73.7 Å². The summed E-state index contributed by atoms with van der Waals surface area (Å²) in [6, 6.07) is 24.4. The van der Waals surface area contributed by atoms with Crippen molar-refractivity contribution in [2.45, 2.75) is 62.0 Å². The summed E-state index contributed by atoms with van der Waals surface area (Å²) < 4.78 is 29.7. The summed E-state index contributed by atoms with van der Waals surface area (Å²) in [7, 11) is -3.96. The monoisotopic (exact) mass is 507 g/mol. The van der Waals surface area contributed by atoms with Gasteiger partial charge in [-0.2, -0.15) is 17.9 Å². The first-order valence-corrected chi connectivity index (χ1v) is 14.0. The first-order valence-electron chi connectivity index (χ1n) is 12.2. The Morgan fingerprint density at radius 3 is 2.23 bits per heavy atom. The Hall–Kier alpha value is -2.67. The van der Waals surface area contributed by atoms with Crippen LogP contribution in [0.25, 0.3) is 0 Å². The molecule has 1 fully saturated rings. The molecule has 0 amide bonds. The van der Waals surface area contributed by atoms with Crippen LogP contribution in [0.5, 0.6) is 0 Å². The van der Waals surface area contributed by atoms with Crippen LogP contribution in [0.3, 0.4) is 0 Å². The fourth-order valence-corrected chi connectivity index (χ4v) is 6.76. The number of rotatable bonds is 6. The van der Waals surface area contributed by atoms with E-state index >= 15 is 0 Å². The number of hydrogen-bond donors (Lipinski definition) is 1. The maximum absolute atomic E-state index is 14.2. The Bertz CT molecular complexity index is 1300. The predicted octanol–water partition coefficient (Wildman–Crippen LogP) is 6.22. The van der Waals surface area contributed by atoms with Gasteiger partial charge < -0.3 is 0 Å². The summed E-state index contributed by atoms with van der Waals surface area (Å²) in [5.41, 5.74) is 2.43. The summed E-state index contributed by atoms with van der Waals surface area (Å²) in [6.45, 7) is 1.94. The number of aryl methyl sites for hydroxylation is 1. The smallest absolute Gasteiger partial charge is 0.281 e. The molecule has 5 nitrogen and oxygen atoms in total. The number of benzene rings is 3. The molecule has 3 aromatic carbocycles. The van der Waals surface area contributed by atoms with Crippen LogP contribution in [0.15, 0.2) is 88.9 Å². The van der Waals surface area contributed by atoms with Crippen molar-refractivity contribution in [1.82, 2.24) is 9.73 Å². The molecular weight excluding hydrogens is 478 g/mol. The molecule has 1 aliphatic heterocycles. The van der Waals surface area contributed by atoms with E-state index in [-0.39, 0.29) is 10.9 Å². The van der Waals surface area contributed by atoms with Crippen molar-refractivity contribution in [3.8, 4) is 0 Å². The third kappa shape index (κ3) is 4.75. The van der Waals surface area contributed by atoms with Gasteiger partial charge in [-0.3, -0.25) is 5.32 Å². The maximum Gasteiger partial charge on any atom is 0.281 e. The molecule has 0 bridgehead atoms. The van der Waals surface area contributed by atoms with Gasteiger partial charge in [0, 0.05) is 17.5 Å². The van der Waals surface area contributed by atoms with Gasteiger partial charge >= 0.3 is 0 Å².